The third kappa shape index (κ3) is 54.1. The molecule has 0 aliphatic carbocycles. The Kier molecular flexibility index (Phi) is 36.4. The fourth-order valence-corrected chi connectivity index (χ4v) is 0.556. The molecule has 1 saturated heterocycles. The summed E-state index contributed by atoms with van der Waals surface area (Å²) < 4.78 is 8.33. The Bertz CT molecular complexity index is 698. The van der Waals surface area contributed by atoms with Crippen molar-refractivity contribution in [3.8, 4) is 0 Å². The zero-order valence-electron chi connectivity index (χ0n) is 20.9. The van der Waals surface area contributed by atoms with Crippen LogP contribution in [0.4, 0.5) is 0 Å². The number of carboxylic acid groups (broad SMARTS) is 6. The second-order valence-corrected chi connectivity index (χ2v) is 5.17. The number of aliphatic hydroxyl groups is 4. The SMILES string of the molecule is C=CC(=O)O.C=CC(=O)O.C=CC(=O)O.C=CC(=O)O.C=CC(=O)O.C=CC(=O)O.OC1(O)OCCOC1(O)O. The van der Waals surface area contributed by atoms with Gasteiger partial charge in [0.25, 0.3) is 0 Å². The Morgan fingerprint density at radius 3 is 0.575 bits per heavy atom. The lowest BCUT2D eigenvalue weighted by Crippen LogP contribution is -2.61. The van der Waals surface area contributed by atoms with Gasteiger partial charge in [0.05, 0.1) is 13.2 Å². The Labute approximate surface area is 226 Å². The predicted octanol–water partition coefficient (Wildman–Crippen LogP) is -1.15. The summed E-state index contributed by atoms with van der Waals surface area (Å²) in [7, 11) is 0. The topological polar surface area (TPSA) is 323 Å². The molecule has 0 aromatic rings. The maximum Gasteiger partial charge on any atom is 0.365 e. The average Bonchev–Trinajstić information content (AvgIpc) is 2.87. The number of hydrogen-bond donors (Lipinski definition) is 10. The van der Waals surface area contributed by atoms with Crippen LogP contribution >= 0.6 is 0 Å². The molecule has 18 heteroatoms. The number of carbonyl (C=O) groups is 6. The van der Waals surface area contributed by atoms with Crippen LogP contribution in [-0.4, -0.2) is 112 Å². The maximum absolute atomic E-state index is 9.25. The first-order valence-electron chi connectivity index (χ1n) is 9.38. The molecule has 0 aromatic carbocycles. The van der Waals surface area contributed by atoms with Gasteiger partial charge < -0.3 is 60.5 Å². The van der Waals surface area contributed by atoms with E-state index in [0.717, 1.165) is 36.5 Å². The van der Waals surface area contributed by atoms with Crippen LogP contribution in [0.2, 0.25) is 0 Å². The van der Waals surface area contributed by atoms with Crippen molar-refractivity contribution in [2.75, 3.05) is 13.2 Å². The number of hydrogen-bond acceptors (Lipinski definition) is 12. The van der Waals surface area contributed by atoms with Crippen LogP contribution in [0.25, 0.3) is 0 Å². The third-order valence-corrected chi connectivity index (χ3v) is 2.16. The number of ether oxygens (including phenoxy) is 2. The summed E-state index contributed by atoms with van der Waals surface area (Å²) in [6, 6.07) is 0. The van der Waals surface area contributed by atoms with Crippen molar-refractivity contribution in [3.05, 3.63) is 75.9 Å². The fraction of sp³-hybridized carbons (Fsp3) is 0.182. The lowest BCUT2D eigenvalue weighted by molar-refractivity contribution is -0.551. The van der Waals surface area contributed by atoms with Crippen LogP contribution in [0.3, 0.4) is 0 Å². The second kappa shape index (κ2) is 30.2. The van der Waals surface area contributed by atoms with E-state index in [2.05, 4.69) is 48.9 Å². The number of rotatable bonds is 6. The monoisotopic (exact) mass is 584 g/mol. The van der Waals surface area contributed by atoms with Gasteiger partial charge in [-0.2, -0.15) is 0 Å². The van der Waals surface area contributed by atoms with E-state index in [4.69, 9.17) is 51.1 Å². The molecule has 0 amide bonds. The fourth-order valence-electron chi connectivity index (χ4n) is 0.556. The third-order valence-electron chi connectivity index (χ3n) is 2.16. The van der Waals surface area contributed by atoms with Crippen LogP contribution in [-0.2, 0) is 38.2 Å². The van der Waals surface area contributed by atoms with Crippen LogP contribution in [0, 0.1) is 0 Å². The van der Waals surface area contributed by atoms with E-state index in [1.165, 1.54) is 0 Å². The Morgan fingerprint density at radius 2 is 0.525 bits per heavy atom. The Balaban J connectivity index is -0.0000000866. The molecule has 228 valence electrons. The first kappa shape index (κ1) is 48.1. The molecule has 10 N–H and O–H groups in total. The van der Waals surface area contributed by atoms with Gasteiger partial charge >= 0.3 is 47.8 Å². The molecule has 1 fully saturated rings. The molecule has 0 spiro atoms. The molecular weight excluding hydrogens is 552 g/mol. The van der Waals surface area contributed by atoms with Gasteiger partial charge in [-0.15, -0.1) is 0 Å². The predicted molar refractivity (Wildman–Crippen MR) is 133 cm³/mol. The molecule has 1 aliphatic rings. The molecule has 0 saturated carbocycles. The summed E-state index contributed by atoms with van der Waals surface area (Å²) in [5, 5.41) is 80.1. The molecule has 0 radical (unpaired) electrons. The summed E-state index contributed by atoms with van der Waals surface area (Å²) in [5.41, 5.74) is 0. The Morgan fingerprint density at radius 1 is 0.425 bits per heavy atom. The van der Waals surface area contributed by atoms with Crippen molar-refractivity contribution in [2.45, 2.75) is 11.9 Å². The highest BCUT2D eigenvalue weighted by atomic mass is 16.9. The van der Waals surface area contributed by atoms with Crippen LogP contribution < -0.4 is 0 Å². The van der Waals surface area contributed by atoms with Crippen molar-refractivity contribution >= 4 is 35.8 Å². The van der Waals surface area contributed by atoms with E-state index in [1.54, 1.807) is 0 Å². The lowest BCUT2D eigenvalue weighted by Gasteiger charge is -2.36. The van der Waals surface area contributed by atoms with E-state index in [9.17, 15) is 28.8 Å². The van der Waals surface area contributed by atoms with Crippen molar-refractivity contribution in [1.29, 1.82) is 0 Å². The average molecular weight is 584 g/mol. The number of carboxylic acids is 6. The van der Waals surface area contributed by atoms with Gasteiger partial charge in [-0.3, -0.25) is 0 Å². The van der Waals surface area contributed by atoms with E-state index in [1.807, 2.05) is 0 Å². The molecule has 0 aromatic heterocycles. The van der Waals surface area contributed by atoms with Gasteiger partial charge in [0, 0.05) is 36.5 Å². The van der Waals surface area contributed by atoms with E-state index < -0.39 is 47.8 Å². The lowest BCUT2D eigenvalue weighted by atomic mass is 10.4. The molecule has 1 heterocycles. The smallest absolute Gasteiger partial charge is 0.365 e. The van der Waals surface area contributed by atoms with Crippen LogP contribution in [0.1, 0.15) is 0 Å². The molecule has 18 nitrogen and oxygen atoms in total. The quantitative estimate of drug-likeness (QED) is 0.130. The van der Waals surface area contributed by atoms with Gasteiger partial charge in [0.15, 0.2) is 0 Å². The summed E-state index contributed by atoms with van der Waals surface area (Å²) in [4.78, 5) is 55.5. The van der Waals surface area contributed by atoms with Crippen molar-refractivity contribution in [3.63, 3.8) is 0 Å². The van der Waals surface area contributed by atoms with Crippen LogP contribution in [0.5, 0.6) is 0 Å². The van der Waals surface area contributed by atoms with E-state index in [-0.39, 0.29) is 13.2 Å². The highest BCUT2D eigenvalue weighted by Crippen LogP contribution is 2.23. The zero-order valence-corrected chi connectivity index (χ0v) is 20.9. The molecule has 40 heavy (non-hydrogen) atoms. The molecular formula is C22H32O18. The summed E-state index contributed by atoms with van der Waals surface area (Å²) in [5.74, 6) is -12.0. The van der Waals surface area contributed by atoms with Crippen molar-refractivity contribution in [2.24, 2.45) is 0 Å². The molecule has 1 rings (SSSR count). The van der Waals surface area contributed by atoms with Gasteiger partial charge in [0.1, 0.15) is 0 Å². The van der Waals surface area contributed by atoms with Crippen molar-refractivity contribution in [1.82, 2.24) is 0 Å². The van der Waals surface area contributed by atoms with Gasteiger partial charge in [-0.05, 0) is 0 Å². The largest absolute Gasteiger partial charge is 0.478 e. The molecule has 1 aliphatic heterocycles. The normalized spacial score (nSPS) is 12.3. The summed E-state index contributed by atoms with van der Waals surface area (Å²) >= 11 is 0. The highest BCUT2D eigenvalue weighted by Gasteiger charge is 2.53. The van der Waals surface area contributed by atoms with Gasteiger partial charge in [0.2, 0.25) is 0 Å². The molecule has 0 atom stereocenters. The number of aliphatic carboxylic acids is 6. The summed E-state index contributed by atoms with van der Waals surface area (Å²) in [6.45, 7) is 17.6. The van der Waals surface area contributed by atoms with Gasteiger partial charge in [-0.25, -0.2) is 28.8 Å². The van der Waals surface area contributed by atoms with Gasteiger partial charge in [-0.1, -0.05) is 39.5 Å². The maximum atomic E-state index is 9.25. The minimum absolute atomic E-state index is 0.101. The Hall–Kier alpha value is -4.98. The minimum Gasteiger partial charge on any atom is -0.478 e. The van der Waals surface area contributed by atoms with Crippen LogP contribution in [0.15, 0.2) is 75.9 Å². The zero-order chi connectivity index (χ0) is 33.5. The minimum atomic E-state index is -3.04. The van der Waals surface area contributed by atoms with E-state index >= 15 is 0 Å². The first-order chi connectivity index (χ1) is 18.1. The molecule has 0 unspecified atom stereocenters. The molecule has 0 bridgehead atoms. The standard InChI is InChI=1S/C4H8O6.6C3H4O2/c5-3(6)4(7,8)10-2-1-9-3;6*1-2-3(4)5/h5-8H,1-2H2;6*2H,1H2,(H,4,5). The van der Waals surface area contributed by atoms with Crippen molar-refractivity contribution < 1.29 is 89.3 Å². The summed E-state index contributed by atoms with van der Waals surface area (Å²) in [6.07, 6.45) is 5.00. The second-order valence-electron chi connectivity index (χ2n) is 5.17. The highest BCUT2D eigenvalue weighted by molar-refractivity contribution is 5.80. The van der Waals surface area contributed by atoms with E-state index in [0.29, 0.717) is 0 Å². The first-order valence-corrected chi connectivity index (χ1v) is 9.38.